The SMILES string of the molecule is CCOC(c1ccc(OCc2cc(F)ccc2F)cc1)c1nc2ccc(C)cc2[nH]1. The molecule has 0 aliphatic rings. The summed E-state index contributed by atoms with van der Waals surface area (Å²) in [4.78, 5) is 8.02. The number of fused-ring (bicyclic) bond motifs is 1. The van der Waals surface area contributed by atoms with Crippen molar-refractivity contribution in [1.29, 1.82) is 0 Å². The van der Waals surface area contributed by atoms with Gasteiger partial charge in [0.15, 0.2) is 0 Å². The van der Waals surface area contributed by atoms with Gasteiger partial charge in [-0.1, -0.05) is 18.2 Å². The summed E-state index contributed by atoms with van der Waals surface area (Å²) in [6, 6.07) is 16.7. The molecule has 1 unspecified atom stereocenters. The van der Waals surface area contributed by atoms with E-state index in [-0.39, 0.29) is 18.3 Å². The molecule has 4 rings (SSSR count). The van der Waals surface area contributed by atoms with Gasteiger partial charge in [0.1, 0.15) is 35.9 Å². The molecule has 0 aliphatic carbocycles. The van der Waals surface area contributed by atoms with Gasteiger partial charge in [0.25, 0.3) is 0 Å². The summed E-state index contributed by atoms with van der Waals surface area (Å²) >= 11 is 0. The Labute approximate surface area is 173 Å². The average Bonchev–Trinajstić information content (AvgIpc) is 3.16. The van der Waals surface area contributed by atoms with E-state index in [2.05, 4.69) is 16.0 Å². The number of aromatic nitrogens is 2. The summed E-state index contributed by atoms with van der Waals surface area (Å²) in [5, 5.41) is 0. The van der Waals surface area contributed by atoms with Crippen LogP contribution in [0.2, 0.25) is 0 Å². The molecule has 1 heterocycles. The zero-order chi connectivity index (χ0) is 21.1. The van der Waals surface area contributed by atoms with Gasteiger partial charge in [0.05, 0.1) is 11.0 Å². The highest BCUT2D eigenvalue weighted by Crippen LogP contribution is 2.28. The summed E-state index contributed by atoms with van der Waals surface area (Å²) in [5.74, 6) is 0.293. The second kappa shape index (κ2) is 8.63. The summed E-state index contributed by atoms with van der Waals surface area (Å²) < 4.78 is 38.6. The number of imidazole rings is 1. The lowest BCUT2D eigenvalue weighted by Gasteiger charge is -2.16. The van der Waals surface area contributed by atoms with Crippen LogP contribution in [0, 0.1) is 18.6 Å². The number of H-pyrrole nitrogens is 1. The first kappa shape index (κ1) is 20.0. The molecular formula is C24H22F2N2O2. The van der Waals surface area contributed by atoms with Crippen molar-refractivity contribution >= 4 is 11.0 Å². The number of ether oxygens (including phenoxy) is 2. The van der Waals surface area contributed by atoms with Gasteiger partial charge in [-0.2, -0.15) is 0 Å². The Bertz CT molecular complexity index is 1160. The number of nitrogens with one attached hydrogen (secondary N) is 1. The first-order valence-electron chi connectivity index (χ1n) is 9.78. The van der Waals surface area contributed by atoms with E-state index in [0.29, 0.717) is 12.4 Å². The van der Waals surface area contributed by atoms with Crippen LogP contribution in [-0.2, 0) is 11.3 Å². The highest BCUT2D eigenvalue weighted by Gasteiger charge is 2.19. The maximum atomic E-state index is 13.8. The zero-order valence-corrected chi connectivity index (χ0v) is 16.8. The van der Waals surface area contributed by atoms with Crippen molar-refractivity contribution in [3.8, 4) is 5.75 Å². The standard InChI is InChI=1S/C24H22F2N2O2/c1-3-29-23(24-27-21-11-4-15(2)12-22(21)28-24)16-5-8-19(9-6-16)30-14-17-13-18(25)7-10-20(17)26/h4-13,23H,3,14H2,1-2H3,(H,27,28). The van der Waals surface area contributed by atoms with Crippen LogP contribution in [0.25, 0.3) is 11.0 Å². The second-order valence-electron chi connectivity index (χ2n) is 7.07. The number of aryl methyl sites for hydroxylation is 1. The zero-order valence-electron chi connectivity index (χ0n) is 16.8. The van der Waals surface area contributed by atoms with Crippen LogP contribution in [0.15, 0.2) is 60.7 Å². The fourth-order valence-corrected chi connectivity index (χ4v) is 3.32. The molecule has 0 bridgehead atoms. The molecule has 1 atom stereocenters. The number of hydrogen-bond acceptors (Lipinski definition) is 3. The Morgan fingerprint density at radius 2 is 1.80 bits per heavy atom. The summed E-state index contributed by atoms with van der Waals surface area (Å²) in [6.07, 6.45) is -0.350. The molecule has 0 amide bonds. The largest absolute Gasteiger partial charge is 0.489 e. The lowest BCUT2D eigenvalue weighted by atomic mass is 10.1. The van der Waals surface area contributed by atoms with E-state index in [0.717, 1.165) is 46.2 Å². The van der Waals surface area contributed by atoms with Crippen molar-refractivity contribution in [3.63, 3.8) is 0 Å². The number of nitrogens with zero attached hydrogens (tertiary/aromatic N) is 1. The van der Waals surface area contributed by atoms with Crippen LogP contribution in [-0.4, -0.2) is 16.6 Å². The third kappa shape index (κ3) is 4.33. The van der Waals surface area contributed by atoms with Gasteiger partial charge in [-0.25, -0.2) is 13.8 Å². The van der Waals surface area contributed by atoms with Crippen molar-refractivity contribution in [2.75, 3.05) is 6.61 Å². The Morgan fingerprint density at radius 3 is 2.57 bits per heavy atom. The third-order valence-electron chi connectivity index (χ3n) is 4.82. The molecule has 0 radical (unpaired) electrons. The predicted molar refractivity (Wildman–Crippen MR) is 111 cm³/mol. The molecule has 3 aromatic carbocycles. The van der Waals surface area contributed by atoms with Gasteiger partial charge >= 0.3 is 0 Å². The highest BCUT2D eigenvalue weighted by atomic mass is 19.1. The second-order valence-corrected chi connectivity index (χ2v) is 7.07. The van der Waals surface area contributed by atoms with Crippen LogP contribution in [0.4, 0.5) is 8.78 Å². The third-order valence-corrected chi connectivity index (χ3v) is 4.82. The van der Waals surface area contributed by atoms with Crippen molar-refractivity contribution in [2.24, 2.45) is 0 Å². The minimum Gasteiger partial charge on any atom is -0.489 e. The normalized spacial score (nSPS) is 12.3. The Kier molecular flexibility index (Phi) is 5.77. The predicted octanol–water partition coefficient (Wildman–Crippen LogP) is 5.85. The number of aromatic amines is 1. The highest BCUT2D eigenvalue weighted by molar-refractivity contribution is 5.76. The molecule has 4 nitrogen and oxygen atoms in total. The summed E-state index contributed by atoms with van der Waals surface area (Å²) in [7, 11) is 0. The van der Waals surface area contributed by atoms with Gasteiger partial charge < -0.3 is 14.5 Å². The van der Waals surface area contributed by atoms with Gasteiger partial charge in [-0.15, -0.1) is 0 Å². The number of benzene rings is 3. The molecular weight excluding hydrogens is 386 g/mol. The van der Waals surface area contributed by atoms with E-state index in [1.54, 1.807) is 12.1 Å². The molecule has 0 saturated carbocycles. The van der Waals surface area contributed by atoms with Crippen molar-refractivity contribution in [2.45, 2.75) is 26.6 Å². The fraction of sp³-hybridized carbons (Fsp3) is 0.208. The van der Waals surface area contributed by atoms with Gasteiger partial charge in [0, 0.05) is 12.2 Å². The molecule has 1 aromatic heterocycles. The van der Waals surface area contributed by atoms with E-state index in [1.807, 2.05) is 38.1 Å². The quantitative estimate of drug-likeness (QED) is 0.417. The first-order valence-corrected chi connectivity index (χ1v) is 9.78. The van der Waals surface area contributed by atoms with Crippen LogP contribution in [0.5, 0.6) is 5.75 Å². The van der Waals surface area contributed by atoms with E-state index in [1.165, 1.54) is 0 Å². The summed E-state index contributed by atoms with van der Waals surface area (Å²) in [6.45, 7) is 4.44. The first-order chi connectivity index (χ1) is 14.5. The van der Waals surface area contributed by atoms with E-state index < -0.39 is 11.6 Å². The van der Waals surface area contributed by atoms with Crippen molar-refractivity contribution in [1.82, 2.24) is 9.97 Å². The van der Waals surface area contributed by atoms with E-state index >= 15 is 0 Å². The van der Waals surface area contributed by atoms with Gasteiger partial charge in [-0.05, 0) is 67.4 Å². The molecule has 0 spiro atoms. The van der Waals surface area contributed by atoms with Crippen molar-refractivity contribution in [3.05, 3.63) is 94.8 Å². The van der Waals surface area contributed by atoms with E-state index in [9.17, 15) is 8.78 Å². The Balaban J connectivity index is 1.53. The maximum Gasteiger partial charge on any atom is 0.141 e. The maximum absolute atomic E-state index is 13.8. The van der Waals surface area contributed by atoms with Crippen LogP contribution in [0.1, 0.15) is 35.5 Å². The molecule has 0 aliphatic heterocycles. The molecule has 1 N–H and O–H groups in total. The minimum absolute atomic E-state index is 0.0548. The van der Waals surface area contributed by atoms with E-state index in [4.69, 9.17) is 9.47 Å². The number of halogens is 2. The van der Waals surface area contributed by atoms with Crippen molar-refractivity contribution < 1.29 is 18.3 Å². The molecule has 4 aromatic rings. The van der Waals surface area contributed by atoms with Crippen LogP contribution < -0.4 is 4.74 Å². The molecule has 30 heavy (non-hydrogen) atoms. The molecule has 0 fully saturated rings. The lowest BCUT2D eigenvalue weighted by molar-refractivity contribution is 0.0859. The van der Waals surface area contributed by atoms with Crippen LogP contribution >= 0.6 is 0 Å². The monoisotopic (exact) mass is 408 g/mol. The van der Waals surface area contributed by atoms with Crippen LogP contribution in [0.3, 0.4) is 0 Å². The molecule has 6 heteroatoms. The number of hydrogen-bond donors (Lipinski definition) is 1. The Morgan fingerprint density at radius 1 is 1.00 bits per heavy atom. The van der Waals surface area contributed by atoms with Gasteiger partial charge in [-0.3, -0.25) is 0 Å². The topological polar surface area (TPSA) is 47.1 Å². The summed E-state index contributed by atoms with van der Waals surface area (Å²) in [5.41, 5.74) is 4.09. The molecule has 0 saturated heterocycles. The Hall–Kier alpha value is -3.25. The average molecular weight is 408 g/mol. The minimum atomic E-state index is -0.496. The lowest BCUT2D eigenvalue weighted by Crippen LogP contribution is -2.08. The van der Waals surface area contributed by atoms with Gasteiger partial charge in [0.2, 0.25) is 0 Å². The fourth-order valence-electron chi connectivity index (χ4n) is 3.32. The smallest absolute Gasteiger partial charge is 0.141 e. The molecule has 154 valence electrons. The number of rotatable bonds is 7.